The van der Waals surface area contributed by atoms with Gasteiger partial charge in [-0.1, -0.05) is 23.7 Å². The molecule has 0 aromatic heterocycles. The van der Waals surface area contributed by atoms with Crippen molar-refractivity contribution in [2.75, 3.05) is 46.0 Å². The van der Waals surface area contributed by atoms with Crippen LogP contribution in [-0.4, -0.2) is 50.9 Å². The van der Waals surface area contributed by atoms with Gasteiger partial charge in [-0.2, -0.15) is 0 Å². The summed E-state index contributed by atoms with van der Waals surface area (Å²) in [6.45, 7) is 5.70. The van der Waals surface area contributed by atoms with Gasteiger partial charge in [0, 0.05) is 19.6 Å². The van der Waals surface area contributed by atoms with Gasteiger partial charge < -0.3 is 15.2 Å². The number of hydrogen-bond acceptors (Lipinski definition) is 4. The van der Waals surface area contributed by atoms with Crippen molar-refractivity contribution in [3.63, 3.8) is 0 Å². The monoisotopic (exact) mass is 284 g/mol. The van der Waals surface area contributed by atoms with Crippen LogP contribution in [0, 0.1) is 0 Å². The number of halogens is 1. The van der Waals surface area contributed by atoms with E-state index in [0.717, 1.165) is 50.6 Å². The molecule has 4 nitrogen and oxygen atoms in total. The number of nitrogens with zero attached hydrogens (tertiary/aromatic N) is 1. The predicted molar refractivity (Wildman–Crippen MR) is 77.0 cm³/mol. The molecule has 1 heterocycles. The molecule has 2 rings (SSSR count). The van der Waals surface area contributed by atoms with Crippen LogP contribution in [-0.2, 0) is 11.2 Å². The summed E-state index contributed by atoms with van der Waals surface area (Å²) in [5, 5.41) is 0.660. The lowest BCUT2D eigenvalue weighted by atomic mass is 10.1. The summed E-state index contributed by atoms with van der Waals surface area (Å²) < 4.78 is 11.2. The number of para-hydroxylation sites is 1. The van der Waals surface area contributed by atoms with Gasteiger partial charge in [-0.25, -0.2) is 0 Å². The molecule has 0 saturated carbocycles. The van der Waals surface area contributed by atoms with Gasteiger partial charge in [0.05, 0.1) is 18.2 Å². The second-order valence-electron chi connectivity index (χ2n) is 4.57. The summed E-state index contributed by atoms with van der Waals surface area (Å²) in [6.07, 6.45) is 0.785. The molecule has 0 spiro atoms. The van der Waals surface area contributed by atoms with E-state index in [1.165, 1.54) is 0 Å². The highest BCUT2D eigenvalue weighted by Gasteiger charge is 2.12. The molecule has 1 aliphatic rings. The molecule has 1 saturated heterocycles. The molecule has 106 valence electrons. The molecule has 2 N–H and O–H groups in total. The average Bonchev–Trinajstić information content (AvgIpc) is 2.43. The minimum Gasteiger partial charge on any atom is -0.490 e. The molecule has 5 heteroatoms. The van der Waals surface area contributed by atoms with Gasteiger partial charge in [0.25, 0.3) is 0 Å². The van der Waals surface area contributed by atoms with E-state index in [2.05, 4.69) is 4.90 Å². The second kappa shape index (κ2) is 7.70. The molecule has 0 amide bonds. The first kappa shape index (κ1) is 14.6. The van der Waals surface area contributed by atoms with Crippen molar-refractivity contribution < 1.29 is 9.47 Å². The van der Waals surface area contributed by atoms with Crippen molar-refractivity contribution in [3.8, 4) is 5.75 Å². The van der Waals surface area contributed by atoms with E-state index in [1.807, 2.05) is 18.2 Å². The van der Waals surface area contributed by atoms with Crippen molar-refractivity contribution in [2.45, 2.75) is 6.42 Å². The lowest BCUT2D eigenvalue weighted by Gasteiger charge is -2.26. The largest absolute Gasteiger partial charge is 0.490 e. The van der Waals surface area contributed by atoms with E-state index in [1.54, 1.807) is 0 Å². The first-order chi connectivity index (χ1) is 9.31. The zero-order valence-corrected chi connectivity index (χ0v) is 11.9. The van der Waals surface area contributed by atoms with Crippen LogP contribution < -0.4 is 10.5 Å². The molecule has 0 aliphatic carbocycles. The number of ether oxygens (including phenoxy) is 2. The Bertz CT molecular complexity index is 395. The van der Waals surface area contributed by atoms with E-state index in [9.17, 15) is 0 Å². The summed E-state index contributed by atoms with van der Waals surface area (Å²) in [6, 6.07) is 5.80. The third kappa shape index (κ3) is 4.35. The van der Waals surface area contributed by atoms with Crippen LogP contribution >= 0.6 is 11.6 Å². The highest BCUT2D eigenvalue weighted by molar-refractivity contribution is 6.32. The van der Waals surface area contributed by atoms with Crippen molar-refractivity contribution in [1.29, 1.82) is 0 Å². The normalized spacial score (nSPS) is 16.5. The maximum atomic E-state index is 6.19. The first-order valence-electron chi connectivity index (χ1n) is 6.71. The zero-order chi connectivity index (χ0) is 13.5. The molecule has 1 fully saturated rings. The van der Waals surface area contributed by atoms with Crippen molar-refractivity contribution in [2.24, 2.45) is 5.73 Å². The predicted octanol–water partition coefficient (Wildman–Crippen LogP) is 1.55. The van der Waals surface area contributed by atoms with Crippen molar-refractivity contribution in [1.82, 2.24) is 4.90 Å². The van der Waals surface area contributed by atoms with Crippen LogP contribution in [0.2, 0.25) is 5.02 Å². The molecule has 1 aliphatic heterocycles. The number of nitrogens with two attached hydrogens (primary N) is 1. The number of rotatable bonds is 6. The quantitative estimate of drug-likeness (QED) is 0.861. The first-order valence-corrected chi connectivity index (χ1v) is 7.09. The number of morpholine rings is 1. The van der Waals surface area contributed by atoms with Crippen LogP contribution in [0.25, 0.3) is 0 Å². The summed E-state index contributed by atoms with van der Waals surface area (Å²) in [5.41, 5.74) is 6.68. The molecule has 0 radical (unpaired) electrons. The van der Waals surface area contributed by atoms with Crippen molar-refractivity contribution in [3.05, 3.63) is 28.8 Å². The minimum atomic E-state index is 0.597. The highest BCUT2D eigenvalue weighted by atomic mass is 35.5. The Kier molecular flexibility index (Phi) is 5.92. The fourth-order valence-corrected chi connectivity index (χ4v) is 2.42. The molecular weight excluding hydrogens is 264 g/mol. The smallest absolute Gasteiger partial charge is 0.141 e. The standard InChI is InChI=1S/C14H21ClN2O2/c15-13-3-1-2-12(4-5-16)14(13)19-11-8-17-6-9-18-10-7-17/h1-3H,4-11,16H2. The summed E-state index contributed by atoms with van der Waals surface area (Å²) in [7, 11) is 0. The van der Waals surface area contributed by atoms with E-state index in [0.29, 0.717) is 18.2 Å². The van der Waals surface area contributed by atoms with Gasteiger partial charge in [0.15, 0.2) is 0 Å². The van der Waals surface area contributed by atoms with Crippen LogP contribution in [0.3, 0.4) is 0 Å². The van der Waals surface area contributed by atoms with Gasteiger partial charge in [-0.05, 0) is 24.6 Å². The average molecular weight is 285 g/mol. The van der Waals surface area contributed by atoms with E-state index in [4.69, 9.17) is 26.8 Å². The second-order valence-corrected chi connectivity index (χ2v) is 4.98. The van der Waals surface area contributed by atoms with Crippen LogP contribution in [0.4, 0.5) is 0 Å². The molecule has 0 bridgehead atoms. The third-order valence-corrected chi connectivity index (χ3v) is 3.52. The molecule has 0 unspecified atom stereocenters. The van der Waals surface area contributed by atoms with Gasteiger partial charge in [0.2, 0.25) is 0 Å². The van der Waals surface area contributed by atoms with E-state index >= 15 is 0 Å². The van der Waals surface area contributed by atoms with E-state index in [-0.39, 0.29) is 0 Å². The Morgan fingerprint density at radius 3 is 2.84 bits per heavy atom. The molecule has 1 aromatic rings. The Morgan fingerprint density at radius 1 is 1.32 bits per heavy atom. The van der Waals surface area contributed by atoms with Gasteiger partial charge >= 0.3 is 0 Å². The topological polar surface area (TPSA) is 47.7 Å². The Morgan fingerprint density at radius 2 is 2.11 bits per heavy atom. The maximum Gasteiger partial charge on any atom is 0.141 e. The Labute approximate surface area is 119 Å². The fourth-order valence-electron chi connectivity index (χ4n) is 2.17. The van der Waals surface area contributed by atoms with Crippen LogP contribution in [0.1, 0.15) is 5.56 Å². The number of benzene rings is 1. The maximum absolute atomic E-state index is 6.19. The van der Waals surface area contributed by atoms with E-state index < -0.39 is 0 Å². The Balaban J connectivity index is 1.87. The van der Waals surface area contributed by atoms with Gasteiger partial charge in [-0.3, -0.25) is 4.90 Å². The molecule has 1 aromatic carbocycles. The molecular formula is C14H21ClN2O2. The summed E-state index contributed by atoms with van der Waals surface area (Å²) in [5.74, 6) is 0.780. The lowest BCUT2D eigenvalue weighted by Crippen LogP contribution is -2.38. The molecule has 19 heavy (non-hydrogen) atoms. The SMILES string of the molecule is NCCc1cccc(Cl)c1OCCN1CCOCC1. The van der Waals surface area contributed by atoms with Gasteiger partial charge in [-0.15, -0.1) is 0 Å². The number of hydrogen-bond donors (Lipinski definition) is 1. The van der Waals surface area contributed by atoms with Crippen LogP contribution in [0.15, 0.2) is 18.2 Å². The van der Waals surface area contributed by atoms with Gasteiger partial charge in [0.1, 0.15) is 12.4 Å². The summed E-state index contributed by atoms with van der Waals surface area (Å²) >= 11 is 6.19. The fraction of sp³-hybridized carbons (Fsp3) is 0.571. The van der Waals surface area contributed by atoms with Crippen molar-refractivity contribution >= 4 is 11.6 Å². The molecule has 0 atom stereocenters. The highest BCUT2D eigenvalue weighted by Crippen LogP contribution is 2.28. The minimum absolute atomic E-state index is 0.597. The Hall–Kier alpha value is -0.810. The van der Waals surface area contributed by atoms with Crippen LogP contribution in [0.5, 0.6) is 5.75 Å². The zero-order valence-electron chi connectivity index (χ0n) is 11.1. The summed E-state index contributed by atoms with van der Waals surface area (Å²) in [4.78, 5) is 2.34. The third-order valence-electron chi connectivity index (χ3n) is 3.22. The lowest BCUT2D eigenvalue weighted by molar-refractivity contribution is 0.0322.